The standard InChI is InChI=1S/C14H12F2N2O/c15-12-6-5-10(7-13(12)16)19-8-9-3-1-2-4-11(9)14(17)18/h1-7H,8H2,(H3,17,18). The van der Waals surface area contributed by atoms with E-state index in [-0.39, 0.29) is 18.2 Å². The van der Waals surface area contributed by atoms with Gasteiger partial charge < -0.3 is 10.5 Å². The minimum atomic E-state index is -0.961. The molecular weight excluding hydrogens is 250 g/mol. The molecule has 0 saturated carbocycles. The Bertz CT molecular complexity index is 614. The maximum absolute atomic E-state index is 13.0. The van der Waals surface area contributed by atoms with Gasteiger partial charge in [0.25, 0.3) is 0 Å². The normalized spacial score (nSPS) is 10.2. The van der Waals surface area contributed by atoms with Gasteiger partial charge in [0.15, 0.2) is 11.6 Å². The fourth-order valence-corrected chi connectivity index (χ4v) is 1.64. The average molecular weight is 262 g/mol. The number of hydrogen-bond acceptors (Lipinski definition) is 2. The van der Waals surface area contributed by atoms with Crippen molar-refractivity contribution in [2.24, 2.45) is 5.73 Å². The predicted molar refractivity (Wildman–Crippen MR) is 68.1 cm³/mol. The predicted octanol–water partition coefficient (Wildman–Crippen LogP) is 2.83. The van der Waals surface area contributed by atoms with E-state index in [2.05, 4.69) is 0 Å². The highest BCUT2D eigenvalue weighted by molar-refractivity contribution is 5.96. The SMILES string of the molecule is N=C(N)c1ccccc1COc1ccc(F)c(F)c1. The molecule has 2 rings (SSSR count). The summed E-state index contributed by atoms with van der Waals surface area (Å²) >= 11 is 0. The number of nitrogens with one attached hydrogen (secondary N) is 1. The molecule has 0 unspecified atom stereocenters. The number of benzene rings is 2. The first-order chi connectivity index (χ1) is 9.08. The maximum Gasteiger partial charge on any atom is 0.162 e. The first-order valence-corrected chi connectivity index (χ1v) is 5.58. The maximum atomic E-state index is 13.0. The minimum Gasteiger partial charge on any atom is -0.489 e. The van der Waals surface area contributed by atoms with Crippen LogP contribution in [0.1, 0.15) is 11.1 Å². The lowest BCUT2D eigenvalue weighted by Gasteiger charge is -2.10. The highest BCUT2D eigenvalue weighted by Gasteiger charge is 2.07. The Balaban J connectivity index is 2.14. The number of nitrogens with two attached hydrogens (primary N) is 1. The van der Waals surface area contributed by atoms with E-state index >= 15 is 0 Å². The van der Waals surface area contributed by atoms with Gasteiger partial charge in [-0.05, 0) is 12.1 Å². The fraction of sp³-hybridized carbons (Fsp3) is 0.0714. The first-order valence-electron chi connectivity index (χ1n) is 5.58. The number of ether oxygens (including phenoxy) is 1. The zero-order valence-electron chi connectivity index (χ0n) is 9.99. The van der Waals surface area contributed by atoms with E-state index in [0.717, 1.165) is 12.1 Å². The lowest BCUT2D eigenvalue weighted by Crippen LogP contribution is -2.14. The third-order valence-electron chi connectivity index (χ3n) is 2.59. The van der Waals surface area contributed by atoms with Crippen LogP contribution in [0.15, 0.2) is 42.5 Å². The van der Waals surface area contributed by atoms with Crippen molar-refractivity contribution in [3.63, 3.8) is 0 Å². The van der Waals surface area contributed by atoms with Crippen LogP contribution < -0.4 is 10.5 Å². The zero-order valence-corrected chi connectivity index (χ0v) is 9.99. The first kappa shape index (κ1) is 13.0. The number of nitrogen functional groups attached to an aromatic ring is 1. The Labute approximate surface area is 109 Å². The third kappa shape index (κ3) is 3.07. The van der Waals surface area contributed by atoms with E-state index in [9.17, 15) is 8.78 Å². The summed E-state index contributed by atoms with van der Waals surface area (Å²) in [5.74, 6) is -1.73. The van der Waals surface area contributed by atoms with Crippen molar-refractivity contribution in [2.45, 2.75) is 6.61 Å². The van der Waals surface area contributed by atoms with E-state index < -0.39 is 11.6 Å². The van der Waals surface area contributed by atoms with Crippen LogP contribution in [0, 0.1) is 17.0 Å². The van der Waals surface area contributed by atoms with Crippen LogP contribution >= 0.6 is 0 Å². The summed E-state index contributed by atoms with van der Waals surface area (Å²) in [6.45, 7) is 0.126. The van der Waals surface area contributed by atoms with E-state index in [0.29, 0.717) is 11.1 Å². The summed E-state index contributed by atoms with van der Waals surface area (Å²) in [6.07, 6.45) is 0. The molecule has 0 aliphatic carbocycles. The summed E-state index contributed by atoms with van der Waals surface area (Å²) in [6, 6.07) is 10.3. The summed E-state index contributed by atoms with van der Waals surface area (Å²) < 4.78 is 31.1. The molecule has 0 bridgehead atoms. The number of hydrogen-bond donors (Lipinski definition) is 2. The second-order valence-electron chi connectivity index (χ2n) is 3.94. The molecule has 0 radical (unpaired) electrons. The van der Waals surface area contributed by atoms with Crippen molar-refractivity contribution in [3.05, 3.63) is 65.2 Å². The summed E-state index contributed by atoms with van der Waals surface area (Å²) in [5.41, 5.74) is 6.71. The number of halogens is 2. The van der Waals surface area contributed by atoms with Crippen LogP contribution in [-0.4, -0.2) is 5.84 Å². The van der Waals surface area contributed by atoms with Crippen LogP contribution in [0.3, 0.4) is 0 Å². The van der Waals surface area contributed by atoms with Crippen molar-refractivity contribution in [1.29, 1.82) is 5.41 Å². The second-order valence-corrected chi connectivity index (χ2v) is 3.94. The van der Waals surface area contributed by atoms with E-state index in [1.54, 1.807) is 24.3 Å². The number of rotatable bonds is 4. The number of amidine groups is 1. The Kier molecular flexibility index (Phi) is 3.75. The van der Waals surface area contributed by atoms with Gasteiger partial charge >= 0.3 is 0 Å². The van der Waals surface area contributed by atoms with Gasteiger partial charge in [0.05, 0.1) is 0 Å². The highest BCUT2D eigenvalue weighted by Crippen LogP contribution is 2.18. The van der Waals surface area contributed by atoms with Crippen LogP contribution in [0.4, 0.5) is 8.78 Å². The third-order valence-corrected chi connectivity index (χ3v) is 2.59. The van der Waals surface area contributed by atoms with Gasteiger partial charge in [0.1, 0.15) is 18.2 Å². The van der Waals surface area contributed by atoms with Gasteiger partial charge in [-0.25, -0.2) is 8.78 Å². The Morgan fingerprint density at radius 2 is 1.84 bits per heavy atom. The molecule has 0 saturated heterocycles. The molecule has 0 fully saturated rings. The van der Waals surface area contributed by atoms with E-state index in [1.807, 2.05) is 0 Å². The molecule has 0 spiro atoms. The van der Waals surface area contributed by atoms with Crippen LogP contribution in [0.2, 0.25) is 0 Å². The molecule has 3 nitrogen and oxygen atoms in total. The van der Waals surface area contributed by atoms with Crippen LogP contribution in [0.5, 0.6) is 5.75 Å². The topological polar surface area (TPSA) is 59.1 Å². The van der Waals surface area contributed by atoms with Crippen molar-refractivity contribution in [2.75, 3.05) is 0 Å². The molecule has 5 heteroatoms. The molecule has 0 aliphatic heterocycles. The van der Waals surface area contributed by atoms with Crippen molar-refractivity contribution < 1.29 is 13.5 Å². The van der Waals surface area contributed by atoms with Crippen molar-refractivity contribution >= 4 is 5.84 Å². The van der Waals surface area contributed by atoms with Crippen molar-refractivity contribution in [1.82, 2.24) is 0 Å². The molecule has 3 N–H and O–H groups in total. The highest BCUT2D eigenvalue weighted by atomic mass is 19.2. The van der Waals surface area contributed by atoms with Gasteiger partial charge in [-0.3, -0.25) is 5.41 Å². The van der Waals surface area contributed by atoms with Gasteiger partial charge in [0, 0.05) is 17.2 Å². The molecule has 0 atom stereocenters. The zero-order chi connectivity index (χ0) is 13.8. The monoisotopic (exact) mass is 262 g/mol. The van der Waals surface area contributed by atoms with Crippen LogP contribution in [0.25, 0.3) is 0 Å². The van der Waals surface area contributed by atoms with Gasteiger partial charge in [-0.2, -0.15) is 0 Å². The quantitative estimate of drug-likeness (QED) is 0.657. The minimum absolute atomic E-state index is 0.0653. The summed E-state index contributed by atoms with van der Waals surface area (Å²) in [4.78, 5) is 0. The molecule has 0 amide bonds. The van der Waals surface area contributed by atoms with Crippen molar-refractivity contribution in [3.8, 4) is 5.75 Å². The fourth-order valence-electron chi connectivity index (χ4n) is 1.64. The average Bonchev–Trinajstić information content (AvgIpc) is 2.40. The Hall–Kier alpha value is -2.43. The molecule has 98 valence electrons. The van der Waals surface area contributed by atoms with E-state index in [4.69, 9.17) is 15.9 Å². The molecular formula is C14H12F2N2O. The molecule has 0 aromatic heterocycles. The van der Waals surface area contributed by atoms with E-state index in [1.165, 1.54) is 6.07 Å². The molecule has 0 heterocycles. The lowest BCUT2D eigenvalue weighted by atomic mass is 10.1. The van der Waals surface area contributed by atoms with Crippen LogP contribution in [-0.2, 0) is 6.61 Å². The Morgan fingerprint density at radius 3 is 2.53 bits per heavy atom. The smallest absolute Gasteiger partial charge is 0.162 e. The lowest BCUT2D eigenvalue weighted by molar-refractivity contribution is 0.303. The molecule has 2 aromatic rings. The van der Waals surface area contributed by atoms with Gasteiger partial charge in [0.2, 0.25) is 0 Å². The summed E-state index contributed by atoms with van der Waals surface area (Å²) in [5, 5.41) is 7.43. The van der Waals surface area contributed by atoms with Gasteiger partial charge in [-0.15, -0.1) is 0 Å². The summed E-state index contributed by atoms with van der Waals surface area (Å²) in [7, 11) is 0. The molecule has 19 heavy (non-hydrogen) atoms. The molecule has 2 aromatic carbocycles. The second kappa shape index (κ2) is 5.48. The molecule has 0 aliphatic rings. The van der Waals surface area contributed by atoms with Gasteiger partial charge in [-0.1, -0.05) is 24.3 Å². The Morgan fingerprint density at radius 1 is 1.11 bits per heavy atom. The largest absolute Gasteiger partial charge is 0.489 e.